The number of rotatable bonds is 1. The standard InChI is InChI=1S/C21H17Si/c1-2-6-16-12-19-14-20-17(13-18(19)11-15(16)5-1)7-3-8-21(20)22-9-4-10-22/h1-3,5-8,11-14H,4,9-10H2. The molecular formula is C21H17Si. The van der Waals surface area contributed by atoms with Crippen molar-refractivity contribution < 1.29 is 0 Å². The number of hydrogen-bond donors (Lipinski definition) is 0. The van der Waals surface area contributed by atoms with Crippen molar-refractivity contribution in [2.75, 3.05) is 0 Å². The monoisotopic (exact) mass is 297 g/mol. The molecule has 0 saturated carbocycles. The molecule has 105 valence electrons. The Morgan fingerprint density at radius 3 is 1.91 bits per heavy atom. The van der Waals surface area contributed by atoms with Crippen LogP contribution >= 0.6 is 0 Å². The third-order valence-corrected chi connectivity index (χ3v) is 8.15. The van der Waals surface area contributed by atoms with Gasteiger partial charge in [0, 0.05) is 0 Å². The lowest BCUT2D eigenvalue weighted by Gasteiger charge is -2.25. The Kier molecular flexibility index (Phi) is 2.65. The summed E-state index contributed by atoms with van der Waals surface area (Å²) in [7, 11) is -0.261. The topological polar surface area (TPSA) is 0 Å². The Labute approximate surface area is 132 Å². The van der Waals surface area contributed by atoms with Crippen LogP contribution in [0.25, 0.3) is 32.3 Å². The van der Waals surface area contributed by atoms with Gasteiger partial charge < -0.3 is 0 Å². The van der Waals surface area contributed by atoms with E-state index < -0.39 is 0 Å². The molecule has 0 aromatic heterocycles. The maximum atomic E-state index is 2.43. The van der Waals surface area contributed by atoms with Crippen molar-refractivity contribution in [3.8, 4) is 0 Å². The second-order valence-corrected chi connectivity index (χ2v) is 9.13. The first-order chi connectivity index (χ1) is 10.9. The molecule has 1 heteroatoms. The zero-order valence-electron chi connectivity index (χ0n) is 12.5. The summed E-state index contributed by atoms with van der Waals surface area (Å²) in [6, 6.07) is 28.0. The SMILES string of the molecule is c1ccc2cc3cc4c([Si]5CCC5)cccc4cc3cc2c1. The van der Waals surface area contributed by atoms with Gasteiger partial charge in [-0.05, 0) is 56.6 Å². The van der Waals surface area contributed by atoms with Gasteiger partial charge in [0.05, 0.1) is 8.80 Å². The van der Waals surface area contributed by atoms with E-state index in [1.807, 2.05) is 0 Å². The summed E-state index contributed by atoms with van der Waals surface area (Å²) in [6.45, 7) is 0. The van der Waals surface area contributed by atoms with Crippen LogP contribution in [0.15, 0.2) is 66.7 Å². The highest BCUT2D eigenvalue weighted by molar-refractivity contribution is 6.77. The lowest BCUT2D eigenvalue weighted by Crippen LogP contribution is -2.36. The smallest absolute Gasteiger partial charge is 0.0626 e. The molecule has 1 aliphatic heterocycles. The first kappa shape index (κ1) is 12.4. The molecule has 1 heterocycles. The lowest BCUT2D eigenvalue weighted by atomic mass is 10.00. The highest BCUT2D eigenvalue weighted by Gasteiger charge is 2.23. The van der Waals surface area contributed by atoms with Crippen LogP contribution in [0.4, 0.5) is 0 Å². The minimum absolute atomic E-state index is 0.261. The lowest BCUT2D eigenvalue weighted by molar-refractivity contribution is 0.952. The second-order valence-electron chi connectivity index (χ2n) is 6.38. The average Bonchev–Trinajstić information content (AvgIpc) is 2.50. The van der Waals surface area contributed by atoms with Crippen LogP contribution < -0.4 is 5.19 Å². The molecule has 0 nitrogen and oxygen atoms in total. The Morgan fingerprint density at radius 1 is 0.591 bits per heavy atom. The molecule has 22 heavy (non-hydrogen) atoms. The van der Waals surface area contributed by atoms with Crippen molar-refractivity contribution in [2.24, 2.45) is 0 Å². The first-order valence-corrected chi connectivity index (χ1v) is 10.0. The summed E-state index contributed by atoms with van der Waals surface area (Å²) >= 11 is 0. The van der Waals surface area contributed by atoms with Crippen LogP contribution in [0.5, 0.6) is 0 Å². The molecule has 0 spiro atoms. The van der Waals surface area contributed by atoms with Gasteiger partial charge in [-0.1, -0.05) is 66.2 Å². The van der Waals surface area contributed by atoms with Gasteiger partial charge in [-0.2, -0.15) is 0 Å². The highest BCUT2D eigenvalue weighted by Crippen LogP contribution is 2.29. The van der Waals surface area contributed by atoms with Crippen LogP contribution in [0, 0.1) is 0 Å². The predicted molar refractivity (Wildman–Crippen MR) is 98.6 cm³/mol. The minimum atomic E-state index is -0.261. The van der Waals surface area contributed by atoms with Crippen molar-refractivity contribution in [1.82, 2.24) is 0 Å². The summed E-state index contributed by atoms with van der Waals surface area (Å²) in [5.41, 5.74) is 0. The summed E-state index contributed by atoms with van der Waals surface area (Å²) in [6.07, 6.45) is 1.43. The normalized spacial score (nSPS) is 15.5. The Bertz CT molecular complexity index is 1010. The van der Waals surface area contributed by atoms with Gasteiger partial charge in [-0.25, -0.2) is 0 Å². The predicted octanol–water partition coefficient (Wildman–Crippen LogP) is 5.25. The Balaban J connectivity index is 1.85. The number of hydrogen-bond acceptors (Lipinski definition) is 0. The van der Waals surface area contributed by atoms with Gasteiger partial charge in [0.25, 0.3) is 0 Å². The van der Waals surface area contributed by atoms with Gasteiger partial charge in [-0.15, -0.1) is 0 Å². The van der Waals surface area contributed by atoms with Gasteiger partial charge in [0.2, 0.25) is 0 Å². The molecule has 0 amide bonds. The molecule has 0 N–H and O–H groups in total. The average molecular weight is 297 g/mol. The molecule has 5 rings (SSSR count). The van der Waals surface area contributed by atoms with E-state index in [1.54, 1.807) is 5.19 Å². The van der Waals surface area contributed by atoms with Crippen molar-refractivity contribution in [3.63, 3.8) is 0 Å². The Hall–Kier alpha value is -2.12. The van der Waals surface area contributed by atoms with Gasteiger partial charge >= 0.3 is 0 Å². The summed E-state index contributed by atoms with van der Waals surface area (Å²) < 4.78 is 0. The van der Waals surface area contributed by atoms with Crippen molar-refractivity contribution in [1.29, 1.82) is 0 Å². The van der Waals surface area contributed by atoms with E-state index in [4.69, 9.17) is 0 Å². The molecule has 1 aliphatic rings. The largest absolute Gasteiger partial charge is 0.0864 e. The van der Waals surface area contributed by atoms with E-state index >= 15 is 0 Å². The molecule has 0 bridgehead atoms. The zero-order valence-corrected chi connectivity index (χ0v) is 13.5. The quantitative estimate of drug-likeness (QED) is 0.332. The molecule has 0 aliphatic carbocycles. The second kappa shape index (κ2) is 4.69. The molecular weight excluding hydrogens is 280 g/mol. The fourth-order valence-electron chi connectivity index (χ4n) is 3.65. The van der Waals surface area contributed by atoms with Gasteiger partial charge in [0.1, 0.15) is 0 Å². The fraction of sp³-hybridized carbons (Fsp3) is 0.143. The van der Waals surface area contributed by atoms with E-state index in [1.165, 1.54) is 50.8 Å². The minimum Gasteiger partial charge on any atom is -0.0626 e. The van der Waals surface area contributed by atoms with Crippen LogP contribution in [0.2, 0.25) is 12.1 Å². The molecule has 1 saturated heterocycles. The maximum absolute atomic E-state index is 2.43. The van der Waals surface area contributed by atoms with Crippen LogP contribution in [0.3, 0.4) is 0 Å². The van der Waals surface area contributed by atoms with Crippen LogP contribution in [-0.4, -0.2) is 8.80 Å². The van der Waals surface area contributed by atoms with E-state index in [2.05, 4.69) is 66.7 Å². The summed E-state index contributed by atoms with van der Waals surface area (Å²) in [5.74, 6) is 0. The summed E-state index contributed by atoms with van der Waals surface area (Å²) in [4.78, 5) is 0. The van der Waals surface area contributed by atoms with Gasteiger partial charge in [-0.3, -0.25) is 0 Å². The number of fused-ring (bicyclic) bond motifs is 3. The maximum Gasteiger partial charge on any atom is 0.0864 e. The van der Waals surface area contributed by atoms with Crippen LogP contribution in [-0.2, 0) is 0 Å². The molecule has 0 unspecified atom stereocenters. The third-order valence-electron chi connectivity index (χ3n) is 5.04. The summed E-state index contributed by atoms with van der Waals surface area (Å²) in [5, 5.41) is 9.96. The van der Waals surface area contributed by atoms with Crippen LogP contribution in [0.1, 0.15) is 6.42 Å². The molecule has 0 atom stereocenters. The molecule has 4 aromatic rings. The van der Waals surface area contributed by atoms with Gasteiger partial charge in [0.15, 0.2) is 0 Å². The first-order valence-electron chi connectivity index (χ1n) is 8.09. The van der Waals surface area contributed by atoms with E-state index in [0.29, 0.717) is 0 Å². The zero-order chi connectivity index (χ0) is 14.5. The van der Waals surface area contributed by atoms with Crippen molar-refractivity contribution in [2.45, 2.75) is 18.5 Å². The molecule has 4 aromatic carbocycles. The molecule has 1 radical (unpaired) electrons. The van der Waals surface area contributed by atoms with E-state index in [-0.39, 0.29) is 8.80 Å². The third kappa shape index (κ3) is 1.82. The van der Waals surface area contributed by atoms with Crippen molar-refractivity contribution in [3.05, 3.63) is 66.7 Å². The fourth-order valence-corrected chi connectivity index (χ4v) is 5.82. The number of benzene rings is 4. The van der Waals surface area contributed by atoms with E-state index in [9.17, 15) is 0 Å². The van der Waals surface area contributed by atoms with Crippen molar-refractivity contribution >= 4 is 46.3 Å². The molecule has 1 fully saturated rings. The Morgan fingerprint density at radius 2 is 1.23 bits per heavy atom. The van der Waals surface area contributed by atoms with E-state index in [0.717, 1.165) is 0 Å². The highest BCUT2D eigenvalue weighted by atomic mass is 28.3.